The van der Waals surface area contributed by atoms with E-state index in [0.29, 0.717) is 12.6 Å². The highest BCUT2D eigenvalue weighted by Gasteiger charge is 2.44. The van der Waals surface area contributed by atoms with E-state index in [0.717, 1.165) is 39.0 Å². The molecule has 1 aliphatic heterocycles. The van der Waals surface area contributed by atoms with Gasteiger partial charge in [0.25, 0.3) is 0 Å². The molecule has 2 aliphatic rings. The van der Waals surface area contributed by atoms with Gasteiger partial charge in [0.15, 0.2) is 0 Å². The van der Waals surface area contributed by atoms with Crippen molar-refractivity contribution >= 4 is 5.97 Å². The number of hydrogen-bond acceptors (Lipinski definition) is 4. The van der Waals surface area contributed by atoms with Gasteiger partial charge in [0.2, 0.25) is 0 Å². The second kappa shape index (κ2) is 5.55. The monoisotopic (exact) mass is 256 g/mol. The topological polar surface area (TPSA) is 61.8 Å². The number of carboxylic acids is 1. The Morgan fingerprint density at radius 2 is 2.28 bits per heavy atom. The summed E-state index contributed by atoms with van der Waals surface area (Å²) < 4.78 is 5.70. The SMILES string of the molecule is CC(C)N1CCOC(CNC2(C(=O)O)CCC2)C1. The third-order valence-electron chi connectivity index (χ3n) is 4.19. The van der Waals surface area contributed by atoms with Gasteiger partial charge in [-0.3, -0.25) is 15.0 Å². The highest BCUT2D eigenvalue weighted by Crippen LogP contribution is 2.32. The van der Waals surface area contributed by atoms with Gasteiger partial charge in [0.05, 0.1) is 12.7 Å². The van der Waals surface area contributed by atoms with E-state index >= 15 is 0 Å². The van der Waals surface area contributed by atoms with E-state index in [9.17, 15) is 9.90 Å². The molecule has 0 aromatic heterocycles. The average Bonchev–Trinajstić information content (AvgIpc) is 2.27. The number of aliphatic carboxylic acids is 1. The van der Waals surface area contributed by atoms with Crippen LogP contribution in [0.1, 0.15) is 33.1 Å². The minimum atomic E-state index is -0.717. The van der Waals surface area contributed by atoms with Crippen LogP contribution in [-0.4, -0.2) is 59.9 Å². The Balaban J connectivity index is 1.81. The number of nitrogens with one attached hydrogen (secondary N) is 1. The average molecular weight is 256 g/mol. The molecule has 5 heteroatoms. The van der Waals surface area contributed by atoms with Gasteiger partial charge in [-0.05, 0) is 33.1 Å². The number of rotatable bonds is 5. The van der Waals surface area contributed by atoms with E-state index in [1.165, 1.54) is 0 Å². The number of morpholine rings is 1. The molecule has 0 radical (unpaired) electrons. The number of hydrogen-bond donors (Lipinski definition) is 2. The first kappa shape index (κ1) is 13.8. The summed E-state index contributed by atoms with van der Waals surface area (Å²) in [4.78, 5) is 13.6. The van der Waals surface area contributed by atoms with Crippen molar-refractivity contribution < 1.29 is 14.6 Å². The van der Waals surface area contributed by atoms with E-state index in [4.69, 9.17) is 4.74 Å². The second-order valence-corrected chi connectivity index (χ2v) is 5.70. The molecule has 2 rings (SSSR count). The number of ether oxygens (including phenoxy) is 1. The van der Waals surface area contributed by atoms with Crippen molar-refractivity contribution in [1.29, 1.82) is 0 Å². The Kier molecular flexibility index (Phi) is 4.25. The van der Waals surface area contributed by atoms with Crippen molar-refractivity contribution in [2.45, 2.75) is 50.8 Å². The van der Waals surface area contributed by atoms with E-state index < -0.39 is 11.5 Å². The lowest BCUT2D eigenvalue weighted by atomic mass is 9.76. The van der Waals surface area contributed by atoms with Crippen LogP contribution in [0.2, 0.25) is 0 Å². The summed E-state index contributed by atoms with van der Waals surface area (Å²) in [5.74, 6) is -0.717. The van der Waals surface area contributed by atoms with E-state index in [1.807, 2.05) is 0 Å². The van der Waals surface area contributed by atoms with Crippen molar-refractivity contribution in [3.8, 4) is 0 Å². The smallest absolute Gasteiger partial charge is 0.323 e. The zero-order valence-electron chi connectivity index (χ0n) is 11.3. The molecule has 5 nitrogen and oxygen atoms in total. The molecule has 104 valence electrons. The molecule has 1 atom stereocenters. The Morgan fingerprint density at radius 3 is 2.78 bits per heavy atom. The van der Waals surface area contributed by atoms with Crippen LogP contribution < -0.4 is 5.32 Å². The lowest BCUT2D eigenvalue weighted by Gasteiger charge is -2.41. The quantitative estimate of drug-likeness (QED) is 0.758. The minimum absolute atomic E-state index is 0.109. The summed E-state index contributed by atoms with van der Waals surface area (Å²) in [6, 6.07) is 0.522. The van der Waals surface area contributed by atoms with Gasteiger partial charge in [-0.15, -0.1) is 0 Å². The third kappa shape index (κ3) is 2.84. The Morgan fingerprint density at radius 1 is 1.56 bits per heavy atom. The molecule has 0 spiro atoms. The Labute approximate surface area is 108 Å². The van der Waals surface area contributed by atoms with Crippen LogP contribution in [-0.2, 0) is 9.53 Å². The second-order valence-electron chi connectivity index (χ2n) is 5.70. The maximum atomic E-state index is 11.2. The van der Waals surface area contributed by atoms with Crippen molar-refractivity contribution in [1.82, 2.24) is 10.2 Å². The maximum absolute atomic E-state index is 11.2. The van der Waals surface area contributed by atoms with Crippen molar-refractivity contribution in [2.75, 3.05) is 26.2 Å². The third-order valence-corrected chi connectivity index (χ3v) is 4.19. The molecule has 1 saturated carbocycles. The fourth-order valence-electron chi connectivity index (χ4n) is 2.64. The fourth-order valence-corrected chi connectivity index (χ4v) is 2.64. The van der Waals surface area contributed by atoms with Gasteiger partial charge in [0.1, 0.15) is 5.54 Å². The molecule has 0 amide bonds. The van der Waals surface area contributed by atoms with Crippen LogP contribution in [0.15, 0.2) is 0 Å². The van der Waals surface area contributed by atoms with Crippen LogP contribution in [0.5, 0.6) is 0 Å². The largest absolute Gasteiger partial charge is 0.480 e. The Hall–Kier alpha value is -0.650. The van der Waals surface area contributed by atoms with Crippen LogP contribution >= 0.6 is 0 Å². The molecule has 1 saturated heterocycles. The summed E-state index contributed by atoms with van der Waals surface area (Å²) in [7, 11) is 0. The molecular formula is C13H24N2O3. The Bertz CT molecular complexity index is 303. The van der Waals surface area contributed by atoms with Gasteiger partial charge >= 0.3 is 5.97 Å². The van der Waals surface area contributed by atoms with Gasteiger partial charge < -0.3 is 9.84 Å². The zero-order valence-corrected chi connectivity index (χ0v) is 11.3. The molecule has 1 unspecified atom stereocenters. The first-order valence-corrected chi connectivity index (χ1v) is 6.87. The molecule has 0 aromatic carbocycles. The molecular weight excluding hydrogens is 232 g/mol. The van der Waals surface area contributed by atoms with Gasteiger partial charge in [-0.25, -0.2) is 0 Å². The van der Waals surface area contributed by atoms with Gasteiger partial charge in [0, 0.05) is 25.7 Å². The predicted molar refractivity (Wildman–Crippen MR) is 68.7 cm³/mol. The maximum Gasteiger partial charge on any atom is 0.323 e. The highest BCUT2D eigenvalue weighted by atomic mass is 16.5. The van der Waals surface area contributed by atoms with Gasteiger partial charge in [-0.1, -0.05) is 0 Å². The predicted octanol–water partition coefficient (Wildman–Crippen LogP) is 0.693. The van der Waals surface area contributed by atoms with Crippen LogP contribution in [0.3, 0.4) is 0 Å². The summed E-state index contributed by atoms with van der Waals surface area (Å²) in [6.45, 7) is 7.60. The van der Waals surface area contributed by atoms with Crippen LogP contribution in [0, 0.1) is 0 Å². The number of carboxylic acid groups (broad SMARTS) is 1. The van der Waals surface area contributed by atoms with Crippen molar-refractivity contribution in [3.05, 3.63) is 0 Å². The zero-order chi connectivity index (χ0) is 13.2. The molecule has 0 aromatic rings. The van der Waals surface area contributed by atoms with E-state index in [2.05, 4.69) is 24.1 Å². The molecule has 0 bridgehead atoms. The van der Waals surface area contributed by atoms with Gasteiger partial charge in [-0.2, -0.15) is 0 Å². The lowest BCUT2D eigenvalue weighted by Crippen LogP contribution is -2.60. The van der Waals surface area contributed by atoms with Crippen molar-refractivity contribution in [3.63, 3.8) is 0 Å². The molecule has 2 fully saturated rings. The minimum Gasteiger partial charge on any atom is -0.480 e. The molecule has 2 N–H and O–H groups in total. The number of nitrogens with zero attached hydrogens (tertiary/aromatic N) is 1. The van der Waals surface area contributed by atoms with Crippen LogP contribution in [0.25, 0.3) is 0 Å². The van der Waals surface area contributed by atoms with Crippen LogP contribution in [0.4, 0.5) is 0 Å². The lowest BCUT2D eigenvalue weighted by molar-refractivity contribution is -0.149. The number of carbonyl (C=O) groups is 1. The molecule has 1 aliphatic carbocycles. The first-order chi connectivity index (χ1) is 8.53. The summed E-state index contributed by atoms with van der Waals surface area (Å²) in [6.07, 6.45) is 2.59. The molecule has 18 heavy (non-hydrogen) atoms. The first-order valence-electron chi connectivity index (χ1n) is 6.87. The normalized spacial score (nSPS) is 28.1. The standard InChI is InChI=1S/C13H24N2O3/c1-10(2)15-6-7-18-11(9-15)8-14-13(12(16)17)4-3-5-13/h10-11,14H,3-9H2,1-2H3,(H,16,17). The molecule has 1 heterocycles. The van der Waals surface area contributed by atoms with E-state index in [1.54, 1.807) is 0 Å². The summed E-state index contributed by atoms with van der Waals surface area (Å²) in [5, 5.41) is 12.4. The summed E-state index contributed by atoms with van der Waals surface area (Å²) in [5.41, 5.74) is -0.677. The fraction of sp³-hybridized carbons (Fsp3) is 0.923. The van der Waals surface area contributed by atoms with Crippen molar-refractivity contribution in [2.24, 2.45) is 0 Å². The highest BCUT2D eigenvalue weighted by molar-refractivity contribution is 5.79. The van der Waals surface area contributed by atoms with E-state index in [-0.39, 0.29) is 6.10 Å². The summed E-state index contributed by atoms with van der Waals surface area (Å²) >= 11 is 0.